The van der Waals surface area contributed by atoms with Gasteiger partial charge in [0.15, 0.2) is 11.0 Å². The van der Waals surface area contributed by atoms with Crippen molar-refractivity contribution in [3.05, 3.63) is 59.7 Å². The zero-order valence-electron chi connectivity index (χ0n) is 14.2. The molecular weight excluding hydrogens is 318 g/mol. The Morgan fingerprint density at radius 1 is 1.08 bits per heavy atom. The van der Waals surface area contributed by atoms with Crippen molar-refractivity contribution in [3.63, 3.8) is 0 Å². The Kier molecular flexibility index (Phi) is 5.20. The Morgan fingerprint density at radius 2 is 1.92 bits per heavy atom. The summed E-state index contributed by atoms with van der Waals surface area (Å²) < 4.78 is 7.46. The highest BCUT2D eigenvalue weighted by atomic mass is 32.2. The van der Waals surface area contributed by atoms with E-state index in [9.17, 15) is 0 Å². The average molecular weight is 339 g/mol. The molecule has 124 valence electrons. The molecule has 0 N–H and O–H groups in total. The van der Waals surface area contributed by atoms with Gasteiger partial charge in [-0.05, 0) is 31.5 Å². The molecule has 0 fully saturated rings. The number of ether oxygens (including phenoxy) is 1. The quantitative estimate of drug-likeness (QED) is 0.617. The molecule has 0 atom stereocenters. The first-order chi connectivity index (χ1) is 11.7. The van der Waals surface area contributed by atoms with Crippen molar-refractivity contribution in [1.29, 1.82) is 0 Å². The first-order valence-corrected chi connectivity index (χ1v) is 8.95. The molecule has 0 bridgehead atoms. The second-order valence-electron chi connectivity index (χ2n) is 5.56. The molecule has 5 heteroatoms. The fourth-order valence-corrected chi connectivity index (χ4v) is 3.55. The Balaban J connectivity index is 1.84. The molecule has 2 aromatic carbocycles. The van der Waals surface area contributed by atoms with Gasteiger partial charge in [0.25, 0.3) is 0 Å². The number of aryl methyl sites for hydroxylation is 1. The highest BCUT2D eigenvalue weighted by molar-refractivity contribution is 7.98. The first-order valence-electron chi connectivity index (χ1n) is 7.97. The minimum absolute atomic E-state index is 0.826. The lowest BCUT2D eigenvalue weighted by Crippen LogP contribution is -2.00. The van der Waals surface area contributed by atoms with E-state index in [1.165, 1.54) is 11.1 Å². The molecule has 0 saturated heterocycles. The Morgan fingerprint density at radius 3 is 2.67 bits per heavy atom. The van der Waals surface area contributed by atoms with Crippen molar-refractivity contribution < 1.29 is 4.74 Å². The highest BCUT2D eigenvalue weighted by Crippen LogP contribution is 2.28. The summed E-state index contributed by atoms with van der Waals surface area (Å²) in [5.41, 5.74) is 3.60. The molecule has 0 saturated carbocycles. The summed E-state index contributed by atoms with van der Waals surface area (Å²) in [5.74, 6) is 2.59. The van der Waals surface area contributed by atoms with E-state index in [-0.39, 0.29) is 0 Å². The third-order valence-corrected chi connectivity index (χ3v) is 4.85. The third-order valence-electron chi connectivity index (χ3n) is 3.81. The molecular formula is C19H21N3OS. The van der Waals surface area contributed by atoms with Crippen LogP contribution in [0.15, 0.2) is 53.7 Å². The zero-order chi connectivity index (χ0) is 16.9. The Hall–Kier alpha value is -2.27. The molecule has 0 aliphatic rings. The zero-order valence-corrected chi connectivity index (χ0v) is 15.0. The van der Waals surface area contributed by atoms with E-state index in [4.69, 9.17) is 4.74 Å². The van der Waals surface area contributed by atoms with Crippen LogP contribution in [0.3, 0.4) is 0 Å². The number of thioether (sulfide) groups is 1. The normalized spacial score (nSPS) is 10.8. The summed E-state index contributed by atoms with van der Waals surface area (Å²) in [6.07, 6.45) is 0. The van der Waals surface area contributed by atoms with Crippen molar-refractivity contribution in [2.24, 2.45) is 0 Å². The molecule has 24 heavy (non-hydrogen) atoms. The van der Waals surface area contributed by atoms with Crippen molar-refractivity contribution in [3.8, 4) is 17.1 Å². The van der Waals surface area contributed by atoms with Gasteiger partial charge in [0.1, 0.15) is 5.75 Å². The minimum atomic E-state index is 0.826. The Labute approximate surface area is 146 Å². The van der Waals surface area contributed by atoms with E-state index in [0.29, 0.717) is 0 Å². The summed E-state index contributed by atoms with van der Waals surface area (Å²) in [6, 6.07) is 16.5. The van der Waals surface area contributed by atoms with Crippen LogP contribution < -0.4 is 4.74 Å². The lowest BCUT2D eigenvalue weighted by Gasteiger charge is -2.08. The van der Waals surface area contributed by atoms with Crippen LogP contribution in [-0.2, 0) is 12.3 Å². The number of benzene rings is 2. The topological polar surface area (TPSA) is 39.9 Å². The monoisotopic (exact) mass is 339 g/mol. The molecule has 0 aliphatic heterocycles. The van der Waals surface area contributed by atoms with Gasteiger partial charge in [0, 0.05) is 17.9 Å². The van der Waals surface area contributed by atoms with Gasteiger partial charge in [0.05, 0.1) is 7.11 Å². The molecule has 1 heterocycles. The van der Waals surface area contributed by atoms with Crippen LogP contribution in [0.2, 0.25) is 0 Å². The van der Waals surface area contributed by atoms with E-state index < -0.39 is 0 Å². The van der Waals surface area contributed by atoms with Crippen molar-refractivity contribution >= 4 is 11.8 Å². The van der Waals surface area contributed by atoms with Crippen LogP contribution in [0.25, 0.3) is 11.4 Å². The van der Waals surface area contributed by atoms with Crippen LogP contribution in [0, 0.1) is 6.92 Å². The van der Waals surface area contributed by atoms with E-state index in [0.717, 1.165) is 34.6 Å². The summed E-state index contributed by atoms with van der Waals surface area (Å²) in [6.45, 7) is 5.06. The van der Waals surface area contributed by atoms with Crippen molar-refractivity contribution in [2.45, 2.75) is 31.3 Å². The first kappa shape index (κ1) is 16.6. The largest absolute Gasteiger partial charge is 0.497 e. The smallest absolute Gasteiger partial charge is 0.191 e. The van der Waals surface area contributed by atoms with Crippen LogP contribution in [-0.4, -0.2) is 21.9 Å². The second-order valence-corrected chi connectivity index (χ2v) is 6.50. The van der Waals surface area contributed by atoms with Crippen LogP contribution in [0.5, 0.6) is 5.75 Å². The summed E-state index contributed by atoms with van der Waals surface area (Å²) >= 11 is 1.72. The maximum Gasteiger partial charge on any atom is 0.191 e. The highest BCUT2D eigenvalue weighted by Gasteiger charge is 2.13. The van der Waals surface area contributed by atoms with Crippen LogP contribution in [0.4, 0.5) is 0 Å². The number of aromatic nitrogens is 3. The van der Waals surface area contributed by atoms with Gasteiger partial charge in [-0.15, -0.1) is 10.2 Å². The number of hydrogen-bond donors (Lipinski definition) is 0. The third kappa shape index (κ3) is 3.62. The van der Waals surface area contributed by atoms with Gasteiger partial charge in [0.2, 0.25) is 0 Å². The number of methoxy groups -OCH3 is 1. The second kappa shape index (κ2) is 7.53. The minimum Gasteiger partial charge on any atom is -0.497 e. The molecule has 0 spiro atoms. The standard InChI is InChI=1S/C19H21N3OS/c1-4-22-18(16-9-6-10-17(12-16)23-3)20-21-19(22)24-13-15-8-5-7-14(2)11-15/h5-12H,4,13H2,1-3H3. The van der Waals surface area contributed by atoms with Gasteiger partial charge in [-0.2, -0.15) is 0 Å². The SMILES string of the molecule is CCn1c(SCc2cccc(C)c2)nnc1-c1cccc(OC)c1. The van der Waals surface area contributed by atoms with E-state index in [2.05, 4.69) is 52.9 Å². The molecule has 0 amide bonds. The number of rotatable bonds is 6. The lowest BCUT2D eigenvalue weighted by molar-refractivity contribution is 0.415. The molecule has 4 nitrogen and oxygen atoms in total. The van der Waals surface area contributed by atoms with Gasteiger partial charge in [-0.1, -0.05) is 53.7 Å². The molecule has 0 aliphatic carbocycles. The van der Waals surface area contributed by atoms with Gasteiger partial charge in [-0.25, -0.2) is 0 Å². The lowest BCUT2D eigenvalue weighted by atomic mass is 10.2. The fraction of sp³-hybridized carbons (Fsp3) is 0.263. The fourth-order valence-electron chi connectivity index (χ4n) is 2.61. The van der Waals surface area contributed by atoms with E-state index in [1.54, 1.807) is 18.9 Å². The predicted molar refractivity (Wildman–Crippen MR) is 98.4 cm³/mol. The molecule has 3 aromatic rings. The number of nitrogens with zero attached hydrogens (tertiary/aromatic N) is 3. The van der Waals surface area contributed by atoms with Crippen LogP contribution in [0.1, 0.15) is 18.1 Å². The molecule has 0 radical (unpaired) electrons. The summed E-state index contributed by atoms with van der Waals surface area (Å²) in [7, 11) is 1.67. The molecule has 1 aromatic heterocycles. The van der Waals surface area contributed by atoms with Crippen molar-refractivity contribution in [2.75, 3.05) is 7.11 Å². The summed E-state index contributed by atoms with van der Waals surface area (Å²) in [5, 5.41) is 9.73. The van der Waals surface area contributed by atoms with E-state index >= 15 is 0 Å². The van der Waals surface area contributed by atoms with Crippen molar-refractivity contribution in [1.82, 2.24) is 14.8 Å². The van der Waals surface area contributed by atoms with E-state index in [1.807, 2.05) is 24.3 Å². The Bertz CT molecular complexity index is 829. The number of hydrogen-bond acceptors (Lipinski definition) is 4. The van der Waals surface area contributed by atoms with Crippen LogP contribution >= 0.6 is 11.8 Å². The maximum absolute atomic E-state index is 5.31. The van der Waals surface area contributed by atoms with Gasteiger partial charge < -0.3 is 9.30 Å². The van der Waals surface area contributed by atoms with Gasteiger partial charge in [-0.3, -0.25) is 0 Å². The predicted octanol–water partition coefficient (Wildman–Crippen LogP) is 4.57. The molecule has 3 rings (SSSR count). The molecule has 0 unspecified atom stereocenters. The summed E-state index contributed by atoms with van der Waals surface area (Å²) in [4.78, 5) is 0. The van der Waals surface area contributed by atoms with Gasteiger partial charge >= 0.3 is 0 Å². The average Bonchev–Trinajstić information content (AvgIpc) is 3.03. The maximum atomic E-state index is 5.31.